The normalized spacial score (nSPS) is 14.9. The molecule has 1 aliphatic rings. The summed E-state index contributed by atoms with van der Waals surface area (Å²) in [6, 6.07) is 0.528. The first-order valence-corrected chi connectivity index (χ1v) is 10.4. The number of Topliss-reactive ketones (excluding diaryl/α,β-unsaturated/α-hetero) is 1. The molecular formula is C23H26F2N2O4. The molecule has 0 spiro atoms. The minimum atomic E-state index is -1.17. The van der Waals surface area contributed by atoms with E-state index in [0.29, 0.717) is 19.3 Å². The number of hydrogen-bond donors (Lipinski definition) is 1. The molecule has 1 aromatic carbocycles. The average Bonchev–Trinajstić information content (AvgIpc) is 3.55. The molecule has 2 N–H and O–H groups in total. The molecule has 1 atom stereocenters. The number of carbonyl (C=O) groups is 2. The molecular weight excluding hydrogens is 406 g/mol. The summed E-state index contributed by atoms with van der Waals surface area (Å²) < 4.78 is 35.8. The molecule has 1 saturated carbocycles. The number of pyridine rings is 1. The quantitative estimate of drug-likeness (QED) is 0.607. The van der Waals surface area contributed by atoms with Crippen molar-refractivity contribution in [1.82, 2.24) is 4.57 Å². The van der Waals surface area contributed by atoms with Crippen LogP contribution in [-0.4, -0.2) is 29.0 Å². The second-order valence-electron chi connectivity index (χ2n) is 7.85. The lowest BCUT2D eigenvalue weighted by molar-refractivity contribution is -0.117. The van der Waals surface area contributed by atoms with Crippen molar-refractivity contribution in [3.8, 4) is 0 Å². The van der Waals surface area contributed by atoms with Crippen molar-refractivity contribution < 1.29 is 23.1 Å². The molecule has 0 aliphatic heterocycles. The zero-order valence-electron chi connectivity index (χ0n) is 17.6. The van der Waals surface area contributed by atoms with Crippen LogP contribution < -0.4 is 11.2 Å². The smallest absolute Gasteiger partial charge is 0.343 e. The van der Waals surface area contributed by atoms with Gasteiger partial charge in [-0.25, -0.2) is 13.6 Å². The van der Waals surface area contributed by atoms with Crippen LogP contribution in [0.4, 0.5) is 8.78 Å². The Balaban J connectivity index is 2.09. The summed E-state index contributed by atoms with van der Waals surface area (Å²) in [5, 5.41) is -0.0723. The maximum atomic E-state index is 14.8. The lowest BCUT2D eigenvalue weighted by atomic mass is 10.0. The predicted molar refractivity (Wildman–Crippen MR) is 114 cm³/mol. The molecule has 1 aromatic heterocycles. The van der Waals surface area contributed by atoms with Crippen LogP contribution in [0.2, 0.25) is 0 Å². The highest BCUT2D eigenvalue weighted by Crippen LogP contribution is 2.38. The third kappa shape index (κ3) is 5.07. The summed E-state index contributed by atoms with van der Waals surface area (Å²) >= 11 is 0. The van der Waals surface area contributed by atoms with Crippen molar-refractivity contribution >= 4 is 28.7 Å². The molecule has 8 heteroatoms. The van der Waals surface area contributed by atoms with Gasteiger partial charge in [-0.15, -0.1) is 0 Å². The number of fused-ring (bicyclic) bond motifs is 1. The number of aromatic nitrogens is 1. The zero-order valence-corrected chi connectivity index (χ0v) is 17.6. The number of carbonyl (C=O) groups excluding carboxylic acids is 2. The average molecular weight is 432 g/mol. The van der Waals surface area contributed by atoms with Crippen LogP contribution in [0.5, 0.6) is 0 Å². The molecule has 0 radical (unpaired) electrons. The van der Waals surface area contributed by atoms with Crippen LogP contribution in [0.15, 0.2) is 23.1 Å². The van der Waals surface area contributed by atoms with Crippen LogP contribution >= 0.6 is 0 Å². The second kappa shape index (κ2) is 9.51. The summed E-state index contributed by atoms with van der Waals surface area (Å²) in [5.41, 5.74) is 5.27. The van der Waals surface area contributed by atoms with E-state index in [2.05, 4.69) is 0 Å². The summed E-state index contributed by atoms with van der Waals surface area (Å²) in [6.07, 6.45) is 7.22. The molecule has 0 amide bonds. The van der Waals surface area contributed by atoms with Gasteiger partial charge in [0.1, 0.15) is 11.3 Å². The van der Waals surface area contributed by atoms with Crippen LogP contribution in [0.25, 0.3) is 17.0 Å². The molecule has 0 unspecified atom stereocenters. The number of benzene rings is 1. The predicted octanol–water partition coefficient (Wildman–Crippen LogP) is 3.89. The van der Waals surface area contributed by atoms with E-state index in [0.717, 1.165) is 18.9 Å². The van der Waals surface area contributed by atoms with Crippen LogP contribution in [0.1, 0.15) is 67.9 Å². The monoisotopic (exact) mass is 432 g/mol. The molecule has 6 nitrogen and oxygen atoms in total. The molecule has 3 rings (SSSR count). The summed E-state index contributed by atoms with van der Waals surface area (Å²) in [5.74, 6) is -3.00. The lowest BCUT2D eigenvalue weighted by Gasteiger charge is -2.16. The van der Waals surface area contributed by atoms with E-state index in [1.165, 1.54) is 19.2 Å². The molecule has 2 aromatic rings. The first-order valence-electron chi connectivity index (χ1n) is 10.4. The summed E-state index contributed by atoms with van der Waals surface area (Å²) in [6.45, 7) is 3.20. The van der Waals surface area contributed by atoms with Gasteiger partial charge in [0.2, 0.25) is 5.43 Å². The third-order valence-corrected chi connectivity index (χ3v) is 5.27. The Hall–Kier alpha value is -2.87. The fourth-order valence-corrected chi connectivity index (χ4v) is 3.51. The number of ether oxygens (including phenoxy) is 1. The molecule has 1 aliphatic carbocycles. The number of nitrogens with zero attached hydrogens (tertiary/aromatic N) is 1. The number of halogens is 2. The molecule has 31 heavy (non-hydrogen) atoms. The van der Waals surface area contributed by atoms with Crippen molar-refractivity contribution in [2.24, 2.45) is 5.73 Å². The Morgan fingerprint density at radius 3 is 2.68 bits per heavy atom. The van der Waals surface area contributed by atoms with Gasteiger partial charge in [-0.2, -0.15) is 0 Å². The van der Waals surface area contributed by atoms with Crippen LogP contribution in [0.3, 0.4) is 0 Å². The summed E-state index contributed by atoms with van der Waals surface area (Å²) in [7, 11) is 0. The number of nitrogens with two attached hydrogens (primary N) is 1. The van der Waals surface area contributed by atoms with Gasteiger partial charge in [-0.05, 0) is 45.6 Å². The number of ketones is 1. The Morgan fingerprint density at radius 2 is 2.06 bits per heavy atom. The van der Waals surface area contributed by atoms with Crippen LogP contribution in [0, 0.1) is 11.6 Å². The first-order chi connectivity index (χ1) is 14.7. The topological polar surface area (TPSA) is 91.4 Å². The van der Waals surface area contributed by atoms with Crippen LogP contribution in [-0.2, 0) is 9.53 Å². The van der Waals surface area contributed by atoms with Crippen molar-refractivity contribution in [2.75, 3.05) is 6.61 Å². The van der Waals surface area contributed by atoms with Gasteiger partial charge in [0.15, 0.2) is 11.6 Å². The van der Waals surface area contributed by atoms with Gasteiger partial charge >= 0.3 is 5.97 Å². The van der Waals surface area contributed by atoms with Crippen molar-refractivity contribution in [3.05, 3.63) is 51.3 Å². The Morgan fingerprint density at radius 1 is 1.35 bits per heavy atom. The highest BCUT2D eigenvalue weighted by atomic mass is 19.2. The van der Waals surface area contributed by atoms with E-state index in [9.17, 15) is 23.2 Å². The Kier molecular flexibility index (Phi) is 7.00. The van der Waals surface area contributed by atoms with Gasteiger partial charge in [-0.1, -0.05) is 12.2 Å². The van der Waals surface area contributed by atoms with E-state index < -0.39 is 23.0 Å². The number of hydrogen-bond acceptors (Lipinski definition) is 5. The molecule has 1 heterocycles. The van der Waals surface area contributed by atoms with E-state index >= 15 is 0 Å². The minimum Gasteiger partial charge on any atom is -0.462 e. The first kappa shape index (κ1) is 22.8. The minimum absolute atomic E-state index is 0.00823. The number of esters is 1. The van der Waals surface area contributed by atoms with Gasteiger partial charge < -0.3 is 19.8 Å². The fourth-order valence-electron chi connectivity index (χ4n) is 3.51. The molecule has 0 bridgehead atoms. The molecule has 166 valence electrons. The van der Waals surface area contributed by atoms with Gasteiger partial charge in [0, 0.05) is 30.3 Å². The second-order valence-corrected chi connectivity index (χ2v) is 7.85. The highest BCUT2D eigenvalue weighted by molar-refractivity contribution is 5.96. The zero-order chi connectivity index (χ0) is 22.7. The number of rotatable bonds is 9. The molecule has 1 fully saturated rings. The van der Waals surface area contributed by atoms with E-state index in [-0.39, 0.29) is 46.5 Å². The maximum absolute atomic E-state index is 14.8. The summed E-state index contributed by atoms with van der Waals surface area (Å²) in [4.78, 5) is 36.2. The highest BCUT2D eigenvalue weighted by Gasteiger charge is 2.29. The van der Waals surface area contributed by atoms with Crippen molar-refractivity contribution in [1.29, 1.82) is 0 Å². The standard InChI is InChI=1S/C23H26F2N2O4/c1-3-31-23(30)18-12-27(15-9-10-15)21-16(6-4-5-14(26)8-7-13(2)28)20(25)19(24)11-17(21)22(18)29/h4,6,11-12,14-15H,3,5,7-10,26H2,1-2H3/b6-4-/t14-/m1/s1. The van der Waals surface area contributed by atoms with Crippen molar-refractivity contribution in [3.63, 3.8) is 0 Å². The maximum Gasteiger partial charge on any atom is 0.343 e. The molecule has 0 saturated heterocycles. The lowest BCUT2D eigenvalue weighted by Crippen LogP contribution is -2.22. The van der Waals surface area contributed by atoms with Gasteiger partial charge in [0.25, 0.3) is 0 Å². The van der Waals surface area contributed by atoms with E-state index in [1.807, 2.05) is 0 Å². The van der Waals surface area contributed by atoms with E-state index in [4.69, 9.17) is 10.5 Å². The Bertz CT molecular complexity index is 1100. The SMILES string of the molecule is CCOC(=O)c1cn(C2CC2)c2c(/C=C\C[C@@H](N)CCC(C)=O)c(F)c(F)cc2c1=O. The third-order valence-electron chi connectivity index (χ3n) is 5.27. The largest absolute Gasteiger partial charge is 0.462 e. The van der Waals surface area contributed by atoms with Crippen molar-refractivity contribution in [2.45, 2.75) is 58.0 Å². The Labute approximate surface area is 178 Å². The van der Waals surface area contributed by atoms with Gasteiger partial charge in [-0.3, -0.25) is 4.79 Å². The van der Waals surface area contributed by atoms with E-state index in [1.54, 1.807) is 17.6 Å². The van der Waals surface area contributed by atoms with Gasteiger partial charge in [0.05, 0.1) is 17.5 Å². The fraction of sp³-hybridized carbons (Fsp3) is 0.435.